The van der Waals surface area contributed by atoms with Crippen LogP contribution in [0.1, 0.15) is 33.2 Å². The third kappa shape index (κ3) is 4.57. The summed E-state index contributed by atoms with van der Waals surface area (Å²) in [5.74, 6) is -1.04. The van der Waals surface area contributed by atoms with Gasteiger partial charge in [-0.3, -0.25) is 4.79 Å². The molecule has 28 heavy (non-hydrogen) atoms. The van der Waals surface area contributed by atoms with E-state index in [4.69, 9.17) is 4.74 Å². The molecule has 5 nitrogen and oxygen atoms in total. The summed E-state index contributed by atoms with van der Waals surface area (Å²) in [6.45, 7) is 3.84. The van der Waals surface area contributed by atoms with Crippen LogP contribution in [0.2, 0.25) is 0 Å². The summed E-state index contributed by atoms with van der Waals surface area (Å²) >= 11 is 0. The van der Waals surface area contributed by atoms with Crippen LogP contribution in [0.4, 0.5) is 5.69 Å². The molecule has 5 heteroatoms. The molecule has 0 aliphatic heterocycles. The Bertz CT molecular complexity index is 981. The van der Waals surface area contributed by atoms with Gasteiger partial charge in [-0.1, -0.05) is 42.5 Å². The van der Waals surface area contributed by atoms with Gasteiger partial charge in [0.05, 0.1) is 5.56 Å². The minimum Gasteiger partial charge on any atom is -0.508 e. The monoisotopic (exact) mass is 375 g/mol. The van der Waals surface area contributed by atoms with Crippen molar-refractivity contribution in [3.63, 3.8) is 0 Å². The number of benzene rings is 3. The van der Waals surface area contributed by atoms with Gasteiger partial charge in [-0.15, -0.1) is 0 Å². The molecule has 0 saturated carbocycles. The number of phenolic OH excluding ortho intramolecular Hbond substituents is 1. The summed E-state index contributed by atoms with van der Waals surface area (Å²) in [7, 11) is 0. The number of aryl methyl sites for hydroxylation is 2. The molecule has 1 atom stereocenters. The van der Waals surface area contributed by atoms with E-state index in [0.717, 1.165) is 11.1 Å². The van der Waals surface area contributed by atoms with Gasteiger partial charge in [-0.05, 0) is 55.3 Å². The predicted molar refractivity (Wildman–Crippen MR) is 107 cm³/mol. The Kier molecular flexibility index (Phi) is 5.75. The zero-order chi connectivity index (χ0) is 20.1. The van der Waals surface area contributed by atoms with Crippen LogP contribution in [0, 0.1) is 13.8 Å². The van der Waals surface area contributed by atoms with Crippen molar-refractivity contribution in [3.8, 4) is 5.75 Å². The van der Waals surface area contributed by atoms with Crippen LogP contribution < -0.4 is 5.32 Å². The van der Waals surface area contributed by atoms with Crippen LogP contribution in [0.25, 0.3) is 0 Å². The van der Waals surface area contributed by atoms with E-state index < -0.39 is 18.0 Å². The highest BCUT2D eigenvalue weighted by Crippen LogP contribution is 2.24. The summed E-state index contributed by atoms with van der Waals surface area (Å²) in [4.78, 5) is 25.5. The summed E-state index contributed by atoms with van der Waals surface area (Å²) in [6.07, 6.45) is -1.11. The van der Waals surface area contributed by atoms with Gasteiger partial charge in [0.2, 0.25) is 6.10 Å². The molecule has 0 saturated heterocycles. The fraction of sp³-hybridized carbons (Fsp3) is 0.130. The molecule has 3 aromatic carbocycles. The first kappa shape index (κ1) is 19.2. The van der Waals surface area contributed by atoms with Crippen LogP contribution in [0.15, 0.2) is 72.8 Å². The molecule has 0 fully saturated rings. The Hall–Kier alpha value is -3.60. The largest absolute Gasteiger partial charge is 0.508 e. The lowest BCUT2D eigenvalue weighted by molar-refractivity contribution is -0.125. The number of anilines is 1. The smallest absolute Gasteiger partial charge is 0.339 e. The SMILES string of the molecule is Cc1ccc(C)c(NC(=O)C(OC(=O)c2ccc(O)cc2)c2ccccc2)c1. The fourth-order valence-corrected chi connectivity index (χ4v) is 2.74. The van der Waals surface area contributed by atoms with E-state index in [1.165, 1.54) is 24.3 Å². The molecule has 0 aliphatic carbocycles. The summed E-state index contributed by atoms with van der Waals surface area (Å²) in [5, 5.41) is 12.2. The standard InChI is InChI=1S/C23H21NO4/c1-15-8-9-16(2)20(14-15)24-22(26)21(17-6-4-3-5-7-17)28-23(27)18-10-12-19(25)13-11-18/h3-14,21,25H,1-2H3,(H,24,26). The molecule has 2 N–H and O–H groups in total. The van der Waals surface area contributed by atoms with Crippen LogP contribution in [-0.2, 0) is 9.53 Å². The van der Waals surface area contributed by atoms with E-state index in [2.05, 4.69) is 5.32 Å². The average molecular weight is 375 g/mol. The summed E-state index contributed by atoms with van der Waals surface area (Å²) < 4.78 is 5.53. The van der Waals surface area contributed by atoms with Gasteiger partial charge in [0, 0.05) is 11.3 Å². The maximum atomic E-state index is 13.0. The number of hydrogen-bond donors (Lipinski definition) is 2. The lowest BCUT2D eigenvalue weighted by atomic mass is 10.1. The topological polar surface area (TPSA) is 75.6 Å². The van der Waals surface area contributed by atoms with Gasteiger partial charge in [0.15, 0.2) is 0 Å². The second-order valence-corrected chi connectivity index (χ2v) is 6.55. The highest BCUT2D eigenvalue weighted by Gasteiger charge is 2.26. The number of nitrogens with one attached hydrogen (secondary N) is 1. The molecule has 1 unspecified atom stereocenters. The van der Waals surface area contributed by atoms with Crippen molar-refractivity contribution >= 4 is 17.6 Å². The first-order chi connectivity index (χ1) is 13.4. The van der Waals surface area contributed by atoms with Crippen LogP contribution in [0.5, 0.6) is 5.75 Å². The highest BCUT2D eigenvalue weighted by atomic mass is 16.5. The summed E-state index contributed by atoms with van der Waals surface area (Å²) in [6, 6.07) is 20.3. The maximum absolute atomic E-state index is 13.0. The van der Waals surface area contributed by atoms with Crippen LogP contribution in [0.3, 0.4) is 0 Å². The Morgan fingerprint density at radius 1 is 0.929 bits per heavy atom. The number of aromatic hydroxyl groups is 1. The molecule has 1 amide bonds. The highest BCUT2D eigenvalue weighted by molar-refractivity contribution is 5.98. The second kappa shape index (κ2) is 8.39. The quantitative estimate of drug-likeness (QED) is 0.642. The number of carbonyl (C=O) groups is 2. The Morgan fingerprint density at radius 2 is 1.61 bits per heavy atom. The summed E-state index contributed by atoms with van der Waals surface area (Å²) in [5.41, 5.74) is 3.41. The molecule has 0 radical (unpaired) electrons. The fourth-order valence-electron chi connectivity index (χ4n) is 2.74. The van der Waals surface area contributed by atoms with Crippen molar-refractivity contribution in [2.45, 2.75) is 20.0 Å². The van der Waals surface area contributed by atoms with E-state index in [-0.39, 0.29) is 11.3 Å². The number of ether oxygens (including phenoxy) is 1. The molecular formula is C23H21NO4. The number of hydrogen-bond acceptors (Lipinski definition) is 4. The molecule has 0 aliphatic rings. The third-order valence-corrected chi connectivity index (χ3v) is 4.32. The zero-order valence-electron chi connectivity index (χ0n) is 15.7. The van der Waals surface area contributed by atoms with Crippen molar-refractivity contribution in [2.24, 2.45) is 0 Å². The predicted octanol–water partition coefficient (Wildman–Crippen LogP) is 4.55. The number of carbonyl (C=O) groups excluding carboxylic acids is 2. The maximum Gasteiger partial charge on any atom is 0.339 e. The lowest BCUT2D eigenvalue weighted by Crippen LogP contribution is -2.26. The van der Waals surface area contributed by atoms with E-state index in [9.17, 15) is 14.7 Å². The number of phenols is 1. The average Bonchev–Trinajstić information content (AvgIpc) is 2.70. The van der Waals surface area contributed by atoms with Crippen molar-refractivity contribution in [1.82, 2.24) is 0 Å². The Morgan fingerprint density at radius 3 is 2.29 bits per heavy atom. The molecular weight excluding hydrogens is 354 g/mol. The molecule has 0 heterocycles. The Balaban J connectivity index is 1.86. The third-order valence-electron chi connectivity index (χ3n) is 4.32. The van der Waals surface area contributed by atoms with Gasteiger partial charge < -0.3 is 15.2 Å². The van der Waals surface area contributed by atoms with Crippen molar-refractivity contribution in [2.75, 3.05) is 5.32 Å². The van der Waals surface area contributed by atoms with Crippen molar-refractivity contribution < 1.29 is 19.4 Å². The molecule has 3 aromatic rings. The van der Waals surface area contributed by atoms with E-state index in [0.29, 0.717) is 11.3 Å². The normalized spacial score (nSPS) is 11.5. The van der Waals surface area contributed by atoms with E-state index in [1.54, 1.807) is 24.3 Å². The molecule has 0 bridgehead atoms. The molecule has 3 rings (SSSR count). The number of esters is 1. The first-order valence-electron chi connectivity index (χ1n) is 8.87. The van der Waals surface area contributed by atoms with Gasteiger partial charge in [0.25, 0.3) is 5.91 Å². The molecule has 142 valence electrons. The van der Waals surface area contributed by atoms with Crippen LogP contribution in [-0.4, -0.2) is 17.0 Å². The first-order valence-corrected chi connectivity index (χ1v) is 8.87. The number of amides is 1. The van der Waals surface area contributed by atoms with Crippen LogP contribution >= 0.6 is 0 Å². The molecule has 0 spiro atoms. The van der Waals surface area contributed by atoms with Crippen molar-refractivity contribution in [3.05, 3.63) is 95.1 Å². The van der Waals surface area contributed by atoms with Gasteiger partial charge in [-0.2, -0.15) is 0 Å². The minimum atomic E-state index is -1.11. The van der Waals surface area contributed by atoms with E-state index >= 15 is 0 Å². The van der Waals surface area contributed by atoms with E-state index in [1.807, 2.05) is 38.1 Å². The van der Waals surface area contributed by atoms with Gasteiger partial charge >= 0.3 is 5.97 Å². The van der Waals surface area contributed by atoms with Crippen molar-refractivity contribution in [1.29, 1.82) is 0 Å². The zero-order valence-corrected chi connectivity index (χ0v) is 15.7. The van der Waals surface area contributed by atoms with Gasteiger partial charge in [-0.25, -0.2) is 4.79 Å². The lowest BCUT2D eigenvalue weighted by Gasteiger charge is -2.19. The Labute approximate surface area is 163 Å². The van der Waals surface area contributed by atoms with Gasteiger partial charge in [0.1, 0.15) is 5.75 Å². The minimum absolute atomic E-state index is 0.0452. The number of rotatable bonds is 5. The molecule has 0 aromatic heterocycles. The second-order valence-electron chi connectivity index (χ2n) is 6.55.